The third-order valence-electron chi connectivity index (χ3n) is 12.5. The molecule has 0 fully saturated rings. The van der Waals surface area contributed by atoms with Crippen molar-refractivity contribution in [3.63, 3.8) is 0 Å². The van der Waals surface area contributed by atoms with Crippen molar-refractivity contribution in [3.05, 3.63) is 48.0 Å². The van der Waals surface area contributed by atoms with Gasteiger partial charge in [0, 0.05) is 19.3 Å². The molecule has 11 atom stereocenters. The predicted molar refractivity (Wildman–Crippen MR) is 271 cm³/mol. The van der Waals surface area contributed by atoms with E-state index in [0.29, 0.717) is 31.2 Å². The first-order valence-electron chi connectivity index (χ1n) is 24.9. The summed E-state index contributed by atoms with van der Waals surface area (Å²) in [4.78, 5) is 145. The van der Waals surface area contributed by atoms with Crippen LogP contribution in [0, 0.1) is 11.8 Å². The average Bonchev–Trinajstić information content (AvgIpc) is 3.35. The Morgan fingerprint density at radius 1 is 0.486 bits per heavy atom. The zero-order valence-corrected chi connectivity index (χ0v) is 43.2. The summed E-state index contributed by atoms with van der Waals surface area (Å²) in [6.45, 7) is 11.1. The first-order chi connectivity index (χ1) is 34.8. The summed E-state index contributed by atoms with van der Waals surface area (Å²) in [5.74, 6) is -11.9. The lowest BCUT2D eigenvalue weighted by Gasteiger charge is -2.29. The number of carbonyl (C=O) groups is 11. The van der Waals surface area contributed by atoms with Crippen molar-refractivity contribution in [1.82, 2.24) is 42.5 Å². The molecule has 0 aliphatic rings. The number of hydrogen-bond acceptors (Lipinski definition) is 13. The van der Waals surface area contributed by atoms with Gasteiger partial charge in [0.05, 0.1) is 6.04 Å². The second-order valence-corrected chi connectivity index (χ2v) is 18.6. The molecule has 0 radical (unpaired) electrons. The SMILES string of the molecule is CC[C@H](C)[C@H](NC(=O)[C@H](C)N)C(=O)N[C@@H](C)C(=O)N[C@@H](CCCCN)C(=O)N[C@@H](CCC(=O)O)C(=O)N[C@@H](Cc1ccc2ccccc2c1)C(=O)N[C@@H](CCC(=O)O)C(=O)N[C@H](C(=O)N[C@@H](C)C(=O)O)[C@@H](C)CC. The highest BCUT2D eigenvalue weighted by Gasteiger charge is 2.36. The van der Waals surface area contributed by atoms with Crippen LogP contribution in [-0.4, -0.2) is 141 Å². The molecule has 0 heterocycles. The van der Waals surface area contributed by atoms with Gasteiger partial charge in [0.2, 0.25) is 47.3 Å². The van der Waals surface area contributed by atoms with Gasteiger partial charge in [-0.25, -0.2) is 0 Å². The summed E-state index contributed by atoms with van der Waals surface area (Å²) in [7, 11) is 0. The van der Waals surface area contributed by atoms with Gasteiger partial charge in [-0.3, -0.25) is 52.7 Å². The number of aliphatic carboxylic acids is 3. The summed E-state index contributed by atoms with van der Waals surface area (Å²) < 4.78 is 0. The highest BCUT2D eigenvalue weighted by atomic mass is 16.4. The second kappa shape index (κ2) is 31.4. The van der Waals surface area contributed by atoms with Crippen LogP contribution in [0.3, 0.4) is 0 Å². The molecule has 0 unspecified atom stereocenters. The summed E-state index contributed by atoms with van der Waals surface area (Å²) >= 11 is 0. The quantitative estimate of drug-likeness (QED) is 0.0408. The molecule has 410 valence electrons. The lowest BCUT2D eigenvalue weighted by molar-refractivity contribution is -0.142. The smallest absolute Gasteiger partial charge is 0.325 e. The zero-order valence-electron chi connectivity index (χ0n) is 43.2. The van der Waals surface area contributed by atoms with Crippen LogP contribution in [0.2, 0.25) is 0 Å². The molecule has 0 spiro atoms. The molecule has 24 nitrogen and oxygen atoms in total. The molecule has 15 N–H and O–H groups in total. The number of carboxylic acid groups (broad SMARTS) is 3. The van der Waals surface area contributed by atoms with E-state index in [0.717, 1.165) is 10.8 Å². The molecule has 74 heavy (non-hydrogen) atoms. The number of rotatable bonds is 33. The van der Waals surface area contributed by atoms with E-state index in [2.05, 4.69) is 42.5 Å². The Morgan fingerprint density at radius 2 is 0.919 bits per heavy atom. The van der Waals surface area contributed by atoms with Crippen LogP contribution in [0.25, 0.3) is 10.8 Å². The molecule has 0 saturated carbocycles. The first-order valence-corrected chi connectivity index (χ1v) is 24.9. The molecule has 0 aliphatic carbocycles. The van der Waals surface area contributed by atoms with Crippen molar-refractivity contribution in [3.8, 4) is 0 Å². The fraction of sp³-hybridized carbons (Fsp3) is 0.580. The summed E-state index contributed by atoms with van der Waals surface area (Å²) in [5.41, 5.74) is 11.9. The van der Waals surface area contributed by atoms with Crippen molar-refractivity contribution in [1.29, 1.82) is 0 Å². The normalized spacial score (nSPS) is 15.6. The van der Waals surface area contributed by atoms with Crippen molar-refractivity contribution < 1.29 is 68.1 Å². The molecule has 24 heteroatoms. The van der Waals surface area contributed by atoms with Crippen molar-refractivity contribution in [2.75, 3.05) is 6.54 Å². The lowest BCUT2D eigenvalue weighted by atomic mass is 9.97. The van der Waals surface area contributed by atoms with Gasteiger partial charge in [0.25, 0.3) is 0 Å². The fourth-order valence-electron chi connectivity index (χ4n) is 7.44. The number of nitrogens with two attached hydrogens (primary N) is 2. The molecule has 0 aromatic heterocycles. The minimum absolute atomic E-state index is 0.0203. The van der Waals surface area contributed by atoms with Crippen LogP contribution >= 0.6 is 0 Å². The van der Waals surface area contributed by atoms with Crippen molar-refractivity contribution in [2.45, 2.75) is 167 Å². The van der Waals surface area contributed by atoms with Gasteiger partial charge in [0.15, 0.2) is 0 Å². The maximum absolute atomic E-state index is 14.4. The van der Waals surface area contributed by atoms with Crippen LogP contribution in [0.15, 0.2) is 42.5 Å². The number of nitrogens with one attached hydrogen (secondary N) is 8. The van der Waals surface area contributed by atoms with Crippen molar-refractivity contribution in [2.24, 2.45) is 23.3 Å². The van der Waals surface area contributed by atoms with Gasteiger partial charge in [0.1, 0.15) is 48.3 Å². The second-order valence-electron chi connectivity index (χ2n) is 18.6. The van der Waals surface area contributed by atoms with E-state index in [1.807, 2.05) is 18.2 Å². The number of benzene rings is 2. The van der Waals surface area contributed by atoms with Gasteiger partial charge < -0.3 is 69.3 Å². The minimum Gasteiger partial charge on any atom is -0.481 e. The Hall–Kier alpha value is -7.21. The van der Waals surface area contributed by atoms with E-state index in [1.54, 1.807) is 52.0 Å². The molecule has 2 aromatic carbocycles. The molecule has 0 aliphatic heterocycles. The molecular weight excluding hydrogens is 965 g/mol. The van der Waals surface area contributed by atoms with Crippen LogP contribution in [0.1, 0.15) is 112 Å². The van der Waals surface area contributed by atoms with Crippen molar-refractivity contribution >= 4 is 75.9 Å². The Kier molecular flexibility index (Phi) is 26.7. The van der Waals surface area contributed by atoms with E-state index in [-0.39, 0.29) is 25.3 Å². The van der Waals surface area contributed by atoms with Gasteiger partial charge >= 0.3 is 17.9 Å². The Balaban J connectivity index is 2.56. The highest BCUT2D eigenvalue weighted by Crippen LogP contribution is 2.18. The summed E-state index contributed by atoms with van der Waals surface area (Å²) in [6.07, 6.45) is -1.05. The third-order valence-corrected chi connectivity index (χ3v) is 12.5. The summed E-state index contributed by atoms with van der Waals surface area (Å²) in [5, 5.41) is 50.4. The van der Waals surface area contributed by atoms with Crippen LogP contribution in [0.5, 0.6) is 0 Å². The van der Waals surface area contributed by atoms with E-state index in [4.69, 9.17) is 11.5 Å². The molecule has 2 rings (SSSR count). The first kappa shape index (κ1) is 62.9. The largest absolute Gasteiger partial charge is 0.481 e. The molecule has 0 saturated heterocycles. The van der Waals surface area contributed by atoms with Gasteiger partial charge in [-0.15, -0.1) is 0 Å². The van der Waals surface area contributed by atoms with E-state index >= 15 is 0 Å². The monoisotopic (exact) mass is 1040 g/mol. The number of hydrogen-bond donors (Lipinski definition) is 13. The fourth-order valence-corrected chi connectivity index (χ4v) is 7.44. The standard InChI is InChI=1S/C50H76N10O14/c1-8-26(3)40(59-42(65)28(5)52)48(71)53-29(6)43(66)55-34(16-12-13-23-51)44(67)56-35(19-21-38(61)62)45(68)58-37(25-31-17-18-32-14-10-11-15-33(32)24-31)47(70)57-36(20-22-39(63)64)46(69)60-41(27(4)9-2)49(72)54-30(7)50(73)74/h10-11,14-15,17-18,24,26-30,34-37,40-41H,8-9,12-13,16,19-23,25,51-52H2,1-7H3,(H,53,71)(H,54,72)(H,55,66)(H,56,67)(H,57,70)(H,58,68)(H,59,65)(H,60,69)(H,61,62)(H,63,64)(H,73,74)/t26-,27-,28-,29-,30-,34-,35-,36-,37-,40-,41-/m0/s1. The third kappa shape index (κ3) is 21.1. The van der Waals surface area contributed by atoms with Gasteiger partial charge in [-0.05, 0) is 87.6 Å². The number of unbranched alkanes of at least 4 members (excludes halogenated alkanes) is 1. The average molecular weight is 1040 g/mol. The zero-order chi connectivity index (χ0) is 55.8. The van der Waals surface area contributed by atoms with E-state index in [1.165, 1.54) is 20.8 Å². The van der Waals surface area contributed by atoms with Gasteiger partial charge in [-0.2, -0.15) is 0 Å². The predicted octanol–water partition coefficient (Wildman–Crippen LogP) is -0.317. The molecule has 8 amide bonds. The molecule has 2 aromatic rings. The topological polar surface area (TPSA) is 397 Å². The van der Waals surface area contributed by atoms with Crippen LogP contribution < -0.4 is 54.0 Å². The number of carboxylic acids is 3. The minimum atomic E-state index is -1.66. The van der Waals surface area contributed by atoms with E-state index in [9.17, 15) is 68.1 Å². The molecular formula is C50H76N10O14. The maximum atomic E-state index is 14.4. The number of carbonyl (C=O) groups excluding carboxylic acids is 8. The van der Waals surface area contributed by atoms with Crippen LogP contribution in [0.4, 0.5) is 0 Å². The van der Waals surface area contributed by atoms with Gasteiger partial charge in [-0.1, -0.05) is 83.0 Å². The summed E-state index contributed by atoms with van der Waals surface area (Å²) in [6, 6.07) is 0.313. The highest BCUT2D eigenvalue weighted by molar-refractivity contribution is 5.98. The lowest BCUT2D eigenvalue weighted by Crippen LogP contribution is -2.61. The maximum Gasteiger partial charge on any atom is 0.325 e. The number of amides is 8. The van der Waals surface area contributed by atoms with Crippen LogP contribution in [-0.2, 0) is 59.2 Å². The molecule has 0 bridgehead atoms. The van der Waals surface area contributed by atoms with E-state index < -0.39 is 151 Å². The Morgan fingerprint density at radius 3 is 1.39 bits per heavy atom. The Labute approximate surface area is 430 Å². The Bertz CT molecular complexity index is 2300. The number of fused-ring (bicyclic) bond motifs is 1.